The summed E-state index contributed by atoms with van der Waals surface area (Å²) in [6.07, 6.45) is 4.42. The Labute approximate surface area is 191 Å². The molecule has 1 saturated heterocycles. The average Bonchev–Trinajstić information content (AvgIpc) is 2.70. The normalized spacial score (nSPS) is 16.5. The zero-order chi connectivity index (χ0) is 20.2. The van der Waals surface area contributed by atoms with Crippen molar-refractivity contribution in [3.8, 4) is 5.75 Å². The van der Waals surface area contributed by atoms with Gasteiger partial charge in [-0.3, -0.25) is 4.79 Å². The van der Waals surface area contributed by atoms with Gasteiger partial charge in [-0.2, -0.15) is 0 Å². The second kappa shape index (κ2) is 14.4. The van der Waals surface area contributed by atoms with Crippen LogP contribution in [0.3, 0.4) is 0 Å². The summed E-state index contributed by atoms with van der Waals surface area (Å²) in [6, 6.07) is 8.11. The van der Waals surface area contributed by atoms with Gasteiger partial charge in [0.25, 0.3) is 0 Å². The fraction of sp³-hybridized carbons (Fsp3) is 0.619. The van der Waals surface area contributed by atoms with Crippen LogP contribution in [0.5, 0.6) is 5.75 Å². The molecule has 1 unspecified atom stereocenters. The lowest BCUT2D eigenvalue weighted by molar-refractivity contribution is -0.127. The Bertz CT molecular complexity index is 634. The predicted molar refractivity (Wildman–Crippen MR) is 127 cm³/mol. The Hall–Kier alpha value is -1.55. The summed E-state index contributed by atoms with van der Waals surface area (Å²) in [4.78, 5) is 17.8. The van der Waals surface area contributed by atoms with E-state index in [1.165, 1.54) is 12.0 Å². The molecule has 1 atom stereocenters. The lowest BCUT2D eigenvalue weighted by Crippen LogP contribution is -2.43. The van der Waals surface area contributed by atoms with Crippen molar-refractivity contribution >= 4 is 35.8 Å². The molecule has 1 fully saturated rings. The van der Waals surface area contributed by atoms with Crippen molar-refractivity contribution in [2.75, 3.05) is 46.9 Å². The first kappa shape index (κ1) is 25.5. The molecule has 1 amide bonds. The number of nitrogens with zero attached hydrogens (tertiary/aromatic N) is 2. The van der Waals surface area contributed by atoms with Crippen molar-refractivity contribution in [2.45, 2.75) is 38.7 Å². The summed E-state index contributed by atoms with van der Waals surface area (Å²) in [5.41, 5.74) is 1.19. The standard InChI is InChI=1S/C21H34N4O3.HI/c1-4-27-18-10-7-8-17(14-18)11-12-22-21(24-16-20(26)25(2)3)23-15-19-9-5-6-13-28-19;/h7-8,10,14,19H,4-6,9,11-13,15-16H2,1-3H3,(H2,22,23,24);1H. The van der Waals surface area contributed by atoms with Crippen LogP contribution in [-0.2, 0) is 16.0 Å². The highest BCUT2D eigenvalue weighted by atomic mass is 127. The molecule has 2 rings (SSSR count). The fourth-order valence-electron chi connectivity index (χ4n) is 2.92. The lowest BCUT2D eigenvalue weighted by atomic mass is 10.1. The van der Waals surface area contributed by atoms with Crippen molar-refractivity contribution < 1.29 is 14.3 Å². The molecule has 0 spiro atoms. The van der Waals surface area contributed by atoms with E-state index in [0.29, 0.717) is 25.7 Å². The maximum atomic E-state index is 11.9. The van der Waals surface area contributed by atoms with Crippen LogP contribution >= 0.6 is 24.0 Å². The zero-order valence-corrected chi connectivity index (χ0v) is 20.1. The number of likely N-dealkylation sites (N-methyl/N-ethyl adjacent to an activating group) is 1. The van der Waals surface area contributed by atoms with Gasteiger partial charge in [0.1, 0.15) is 12.3 Å². The molecular formula is C21H35IN4O3. The summed E-state index contributed by atoms with van der Waals surface area (Å²) in [7, 11) is 3.47. The smallest absolute Gasteiger partial charge is 0.243 e. The van der Waals surface area contributed by atoms with Gasteiger partial charge in [-0.15, -0.1) is 24.0 Å². The number of hydrogen-bond acceptors (Lipinski definition) is 4. The molecule has 1 aliphatic rings. The summed E-state index contributed by atoms with van der Waals surface area (Å²) in [6.45, 7) is 4.99. The molecule has 7 nitrogen and oxygen atoms in total. The van der Waals surface area contributed by atoms with Crippen LogP contribution in [0.4, 0.5) is 0 Å². The SMILES string of the molecule is CCOc1cccc(CCNC(=NCC(=O)N(C)C)NCC2CCCCO2)c1.I. The average molecular weight is 518 g/mol. The third kappa shape index (κ3) is 10.2. The third-order valence-electron chi connectivity index (χ3n) is 4.56. The van der Waals surface area contributed by atoms with Crippen molar-refractivity contribution in [2.24, 2.45) is 4.99 Å². The topological polar surface area (TPSA) is 75.2 Å². The first-order chi connectivity index (χ1) is 13.6. The van der Waals surface area contributed by atoms with E-state index in [9.17, 15) is 4.79 Å². The number of amides is 1. The second-order valence-electron chi connectivity index (χ2n) is 7.08. The van der Waals surface area contributed by atoms with E-state index in [2.05, 4.69) is 27.8 Å². The molecule has 1 aromatic rings. The Morgan fingerprint density at radius 2 is 2.14 bits per heavy atom. The summed E-state index contributed by atoms with van der Waals surface area (Å²) < 4.78 is 11.3. The van der Waals surface area contributed by atoms with Gasteiger partial charge in [-0.1, -0.05) is 12.1 Å². The van der Waals surface area contributed by atoms with Gasteiger partial charge in [0, 0.05) is 33.8 Å². The van der Waals surface area contributed by atoms with Crippen LogP contribution in [-0.4, -0.2) is 69.8 Å². The molecule has 164 valence electrons. The summed E-state index contributed by atoms with van der Waals surface area (Å²) in [5.74, 6) is 1.50. The van der Waals surface area contributed by atoms with Crippen LogP contribution in [0.2, 0.25) is 0 Å². The molecule has 0 saturated carbocycles. The van der Waals surface area contributed by atoms with Gasteiger partial charge in [0.05, 0.1) is 12.7 Å². The number of carbonyl (C=O) groups excluding carboxylic acids is 1. The molecule has 8 heteroatoms. The van der Waals surface area contributed by atoms with Gasteiger partial charge < -0.3 is 25.0 Å². The number of aliphatic imine (C=N–C) groups is 1. The highest BCUT2D eigenvalue weighted by Crippen LogP contribution is 2.13. The number of rotatable bonds is 9. The number of benzene rings is 1. The van der Waals surface area contributed by atoms with E-state index in [4.69, 9.17) is 9.47 Å². The Morgan fingerprint density at radius 1 is 1.31 bits per heavy atom. The number of nitrogens with one attached hydrogen (secondary N) is 2. The van der Waals surface area contributed by atoms with E-state index in [1.807, 2.05) is 19.1 Å². The number of guanidine groups is 1. The molecule has 29 heavy (non-hydrogen) atoms. The third-order valence-corrected chi connectivity index (χ3v) is 4.56. The monoisotopic (exact) mass is 518 g/mol. The molecule has 0 radical (unpaired) electrons. The van der Waals surface area contributed by atoms with Gasteiger partial charge in [0.2, 0.25) is 5.91 Å². The van der Waals surface area contributed by atoms with Gasteiger partial charge >= 0.3 is 0 Å². The molecule has 1 heterocycles. The molecule has 1 aromatic carbocycles. The van der Waals surface area contributed by atoms with E-state index in [-0.39, 0.29) is 42.5 Å². The van der Waals surface area contributed by atoms with Crippen LogP contribution in [0.1, 0.15) is 31.7 Å². The minimum absolute atomic E-state index is 0. The fourth-order valence-corrected chi connectivity index (χ4v) is 2.92. The zero-order valence-electron chi connectivity index (χ0n) is 17.8. The van der Waals surface area contributed by atoms with E-state index >= 15 is 0 Å². The lowest BCUT2D eigenvalue weighted by Gasteiger charge is -2.24. The number of halogens is 1. The summed E-state index contributed by atoms with van der Waals surface area (Å²) >= 11 is 0. The molecule has 2 N–H and O–H groups in total. The predicted octanol–water partition coefficient (Wildman–Crippen LogP) is 2.44. The largest absolute Gasteiger partial charge is 0.494 e. The maximum Gasteiger partial charge on any atom is 0.243 e. The first-order valence-electron chi connectivity index (χ1n) is 10.1. The number of ether oxygens (including phenoxy) is 2. The minimum atomic E-state index is -0.0283. The minimum Gasteiger partial charge on any atom is -0.494 e. The van der Waals surface area contributed by atoms with Crippen molar-refractivity contribution in [3.05, 3.63) is 29.8 Å². The van der Waals surface area contributed by atoms with Crippen LogP contribution in [0.25, 0.3) is 0 Å². The van der Waals surface area contributed by atoms with E-state index in [0.717, 1.165) is 31.6 Å². The molecule has 0 aromatic heterocycles. The van der Waals surface area contributed by atoms with E-state index < -0.39 is 0 Å². The highest BCUT2D eigenvalue weighted by Gasteiger charge is 2.14. The van der Waals surface area contributed by atoms with Crippen molar-refractivity contribution in [1.82, 2.24) is 15.5 Å². The van der Waals surface area contributed by atoms with Crippen LogP contribution < -0.4 is 15.4 Å². The summed E-state index contributed by atoms with van der Waals surface area (Å²) in [5, 5.41) is 6.65. The quantitative estimate of drug-likeness (QED) is 0.299. The second-order valence-corrected chi connectivity index (χ2v) is 7.08. The van der Waals surface area contributed by atoms with E-state index in [1.54, 1.807) is 19.0 Å². The van der Waals surface area contributed by atoms with Crippen molar-refractivity contribution in [3.63, 3.8) is 0 Å². The molecule has 0 bridgehead atoms. The van der Waals surface area contributed by atoms with Gasteiger partial charge in [-0.05, 0) is 50.3 Å². The first-order valence-corrected chi connectivity index (χ1v) is 10.1. The molecular weight excluding hydrogens is 483 g/mol. The van der Waals surface area contributed by atoms with Gasteiger partial charge in [-0.25, -0.2) is 4.99 Å². The Morgan fingerprint density at radius 3 is 2.83 bits per heavy atom. The maximum absolute atomic E-state index is 11.9. The Balaban J connectivity index is 0.00000420. The number of carbonyl (C=O) groups is 1. The highest BCUT2D eigenvalue weighted by molar-refractivity contribution is 14.0. The van der Waals surface area contributed by atoms with Crippen LogP contribution in [0, 0.1) is 0 Å². The Kier molecular flexibility index (Phi) is 12.7. The molecule has 1 aliphatic heterocycles. The van der Waals surface area contributed by atoms with Crippen LogP contribution in [0.15, 0.2) is 29.3 Å². The van der Waals surface area contributed by atoms with Crippen molar-refractivity contribution in [1.29, 1.82) is 0 Å². The molecule has 0 aliphatic carbocycles. The number of hydrogen-bond donors (Lipinski definition) is 2. The van der Waals surface area contributed by atoms with Gasteiger partial charge in [0.15, 0.2) is 5.96 Å².